The van der Waals surface area contributed by atoms with Gasteiger partial charge in [-0.05, 0) is 6.08 Å². The molecule has 1 heterocycles. The average molecular weight is 82.1 g/mol. The van der Waals surface area contributed by atoms with Crippen molar-refractivity contribution in [1.29, 1.82) is 0 Å². The van der Waals surface area contributed by atoms with Gasteiger partial charge in [-0.2, -0.15) is 0 Å². The normalized spacial score (nSPS) is 18.7. The molecule has 0 spiro atoms. The van der Waals surface area contributed by atoms with E-state index in [1.165, 1.54) is 0 Å². The minimum Gasteiger partial charge on any atom is -0.248 e. The van der Waals surface area contributed by atoms with E-state index in [0.717, 1.165) is 13.0 Å². The highest BCUT2D eigenvalue weighted by Crippen LogP contribution is 1.73. The SMILES string of the molecule is C1=CC[NH+]=CC1. The molecule has 6 heavy (non-hydrogen) atoms. The summed E-state index contributed by atoms with van der Waals surface area (Å²) in [5.41, 5.74) is 0. The number of allylic oxidation sites excluding steroid dienone is 1. The van der Waals surface area contributed by atoms with E-state index in [1.54, 1.807) is 0 Å². The van der Waals surface area contributed by atoms with Crippen LogP contribution >= 0.6 is 0 Å². The van der Waals surface area contributed by atoms with E-state index in [9.17, 15) is 0 Å². The molecule has 0 aromatic heterocycles. The van der Waals surface area contributed by atoms with Crippen LogP contribution in [0.1, 0.15) is 6.42 Å². The summed E-state index contributed by atoms with van der Waals surface area (Å²) in [6, 6.07) is 0. The van der Waals surface area contributed by atoms with Gasteiger partial charge in [0.05, 0.1) is 0 Å². The highest BCUT2D eigenvalue weighted by molar-refractivity contribution is 5.53. The van der Waals surface area contributed by atoms with Gasteiger partial charge in [-0.25, -0.2) is 4.99 Å². The Morgan fingerprint density at radius 1 is 1.33 bits per heavy atom. The monoisotopic (exact) mass is 82.1 g/mol. The molecular weight excluding hydrogens is 74.1 g/mol. The summed E-state index contributed by atoms with van der Waals surface area (Å²) in [5, 5.41) is 0. The Labute approximate surface area is 37.4 Å². The molecule has 1 aliphatic heterocycles. The first-order valence-electron chi connectivity index (χ1n) is 2.20. The first-order valence-corrected chi connectivity index (χ1v) is 2.20. The van der Waals surface area contributed by atoms with E-state index in [4.69, 9.17) is 0 Å². The lowest BCUT2D eigenvalue weighted by atomic mass is 10.3. The van der Waals surface area contributed by atoms with E-state index in [-0.39, 0.29) is 0 Å². The molecule has 0 amide bonds. The summed E-state index contributed by atoms with van der Waals surface area (Å²) in [6.07, 6.45) is 7.41. The van der Waals surface area contributed by atoms with Crippen LogP contribution in [0.15, 0.2) is 12.2 Å². The summed E-state index contributed by atoms with van der Waals surface area (Å²) in [7, 11) is 0. The zero-order valence-corrected chi connectivity index (χ0v) is 3.65. The quantitative estimate of drug-likeness (QED) is 0.364. The lowest BCUT2D eigenvalue weighted by Crippen LogP contribution is -2.69. The summed E-state index contributed by atoms with van der Waals surface area (Å²) in [6.45, 7) is 1.01. The predicted molar refractivity (Wildman–Crippen MR) is 25.7 cm³/mol. The van der Waals surface area contributed by atoms with Crippen LogP contribution in [0.5, 0.6) is 0 Å². The van der Waals surface area contributed by atoms with Crippen molar-refractivity contribution in [3.63, 3.8) is 0 Å². The van der Waals surface area contributed by atoms with Gasteiger partial charge in [-0.1, -0.05) is 6.08 Å². The fraction of sp³-hybridized carbons (Fsp3) is 0.400. The number of nitrogens with one attached hydrogen (secondary N) is 1. The molecule has 0 atom stereocenters. The molecule has 0 unspecified atom stereocenters. The molecule has 0 aromatic rings. The molecular formula is C5H8N+. The van der Waals surface area contributed by atoms with Gasteiger partial charge in [-0.15, -0.1) is 0 Å². The maximum atomic E-state index is 3.07. The van der Waals surface area contributed by atoms with Crippen LogP contribution in [-0.4, -0.2) is 12.8 Å². The van der Waals surface area contributed by atoms with Gasteiger partial charge in [0.15, 0.2) is 6.54 Å². The van der Waals surface area contributed by atoms with E-state index in [0.29, 0.717) is 0 Å². The predicted octanol–water partition coefficient (Wildman–Crippen LogP) is -0.902. The average Bonchev–Trinajstić information content (AvgIpc) is 1.72. The van der Waals surface area contributed by atoms with Crippen molar-refractivity contribution < 1.29 is 4.99 Å². The maximum Gasteiger partial charge on any atom is 0.159 e. The molecule has 1 aliphatic rings. The smallest absolute Gasteiger partial charge is 0.159 e. The lowest BCUT2D eigenvalue weighted by molar-refractivity contribution is -0.441. The van der Waals surface area contributed by atoms with Gasteiger partial charge in [0.2, 0.25) is 0 Å². The minimum absolute atomic E-state index is 1.01. The first-order chi connectivity index (χ1) is 3.00. The molecule has 0 fully saturated rings. The first kappa shape index (κ1) is 3.59. The van der Waals surface area contributed by atoms with Crippen molar-refractivity contribution >= 4 is 6.21 Å². The summed E-state index contributed by atoms with van der Waals surface area (Å²) in [5.74, 6) is 0. The lowest BCUT2D eigenvalue weighted by Gasteiger charge is -1.81. The Hall–Kier alpha value is -0.590. The van der Waals surface area contributed by atoms with Gasteiger partial charge in [-0.3, -0.25) is 0 Å². The molecule has 1 N–H and O–H groups in total. The van der Waals surface area contributed by atoms with Crippen molar-refractivity contribution in [2.24, 2.45) is 0 Å². The van der Waals surface area contributed by atoms with Crippen LogP contribution < -0.4 is 4.99 Å². The molecule has 1 heteroatoms. The van der Waals surface area contributed by atoms with Crippen LogP contribution in [0, 0.1) is 0 Å². The Balaban J connectivity index is 2.40. The highest BCUT2D eigenvalue weighted by atomic mass is 14.7. The Morgan fingerprint density at radius 2 is 2.33 bits per heavy atom. The Morgan fingerprint density at radius 3 is 2.50 bits per heavy atom. The number of hydrogen-bond acceptors (Lipinski definition) is 0. The van der Waals surface area contributed by atoms with Crippen LogP contribution in [0.3, 0.4) is 0 Å². The molecule has 0 saturated heterocycles. The number of hydrogen-bond donors (Lipinski definition) is 1. The fourth-order valence-corrected chi connectivity index (χ4v) is 0.482. The molecule has 1 rings (SSSR count). The van der Waals surface area contributed by atoms with Crippen LogP contribution in [0.25, 0.3) is 0 Å². The van der Waals surface area contributed by atoms with Crippen molar-refractivity contribution in [2.75, 3.05) is 6.54 Å². The van der Waals surface area contributed by atoms with E-state index in [1.807, 2.05) is 0 Å². The molecule has 0 aliphatic carbocycles. The maximum absolute atomic E-state index is 3.07. The van der Waals surface area contributed by atoms with Crippen molar-refractivity contribution in [2.45, 2.75) is 6.42 Å². The molecule has 0 aromatic carbocycles. The minimum atomic E-state index is 1.01. The summed E-state index contributed by atoms with van der Waals surface area (Å²) in [4.78, 5) is 3.07. The Kier molecular flexibility index (Phi) is 1.05. The third-order valence-electron chi connectivity index (χ3n) is 0.801. The van der Waals surface area contributed by atoms with Crippen LogP contribution in [0.2, 0.25) is 0 Å². The molecule has 1 nitrogen and oxygen atoms in total. The number of rotatable bonds is 0. The second-order valence-electron chi connectivity index (χ2n) is 1.32. The molecule has 0 radical (unpaired) electrons. The van der Waals surface area contributed by atoms with Crippen LogP contribution in [0.4, 0.5) is 0 Å². The highest BCUT2D eigenvalue weighted by Gasteiger charge is 1.83. The van der Waals surface area contributed by atoms with Gasteiger partial charge < -0.3 is 0 Å². The molecule has 0 saturated carbocycles. The zero-order chi connectivity index (χ0) is 4.24. The zero-order valence-electron chi connectivity index (χ0n) is 3.65. The van der Waals surface area contributed by atoms with Crippen molar-refractivity contribution in [3.05, 3.63) is 12.2 Å². The standard InChI is InChI=1S/C5H7N/c1-2-4-6-5-3-1/h1-2,5H,3-4H2/p+1. The van der Waals surface area contributed by atoms with Gasteiger partial charge >= 0.3 is 0 Å². The summed E-state index contributed by atoms with van der Waals surface area (Å²) < 4.78 is 0. The third kappa shape index (κ3) is 0.677. The summed E-state index contributed by atoms with van der Waals surface area (Å²) >= 11 is 0. The van der Waals surface area contributed by atoms with Gasteiger partial charge in [0.1, 0.15) is 6.21 Å². The second kappa shape index (κ2) is 1.75. The largest absolute Gasteiger partial charge is 0.248 e. The third-order valence-corrected chi connectivity index (χ3v) is 0.801. The van der Waals surface area contributed by atoms with E-state index < -0.39 is 0 Å². The van der Waals surface area contributed by atoms with Crippen LogP contribution in [-0.2, 0) is 0 Å². The van der Waals surface area contributed by atoms with E-state index in [2.05, 4.69) is 23.4 Å². The molecule has 0 bridgehead atoms. The fourth-order valence-electron chi connectivity index (χ4n) is 0.482. The van der Waals surface area contributed by atoms with E-state index >= 15 is 0 Å². The van der Waals surface area contributed by atoms with Gasteiger partial charge in [0.25, 0.3) is 0 Å². The second-order valence-corrected chi connectivity index (χ2v) is 1.32. The van der Waals surface area contributed by atoms with Crippen molar-refractivity contribution in [1.82, 2.24) is 0 Å². The topological polar surface area (TPSA) is 14.0 Å². The van der Waals surface area contributed by atoms with Gasteiger partial charge in [0, 0.05) is 6.42 Å². The molecule has 32 valence electrons. The Bertz CT molecular complexity index is 61.9. The van der Waals surface area contributed by atoms with Crippen molar-refractivity contribution in [3.8, 4) is 0 Å².